The number of hydrogen-bond acceptors (Lipinski definition) is 9. The molecule has 3 heterocycles. The average Bonchev–Trinajstić information content (AvgIpc) is 3.69. The van der Waals surface area contributed by atoms with E-state index in [1.165, 1.54) is 75.7 Å². The molecule has 0 fully saturated rings. The summed E-state index contributed by atoms with van der Waals surface area (Å²) >= 11 is 4.95. The van der Waals surface area contributed by atoms with Crippen LogP contribution in [0.4, 0.5) is 0 Å². The van der Waals surface area contributed by atoms with E-state index in [0.717, 1.165) is 67.5 Å². The van der Waals surface area contributed by atoms with Crippen LogP contribution in [0.3, 0.4) is 0 Å². The molecule has 1 aromatic carbocycles. The predicted octanol–water partition coefficient (Wildman–Crippen LogP) is 11.3. The molecule has 0 unspecified atom stereocenters. The standard InChI is InChI=1S/C23H34N2OS2.C21H28N2OS/c1-18(2)20-14-13-19(22(26)21-12-11-17-27-21)23(24-20)28-16-10-8-6-5-7-9-15-25(3)4;1-17-13-14-19(20(24)18-11-7-6-8-12-18)21(22-17)25-16-10-5-4-9-15-23(2)3/h11-14,17-18H,5-10,15-16H2,1-4H3;6-8,11-14H,4-5,9-10,15-16H2,1-3H3. The van der Waals surface area contributed by atoms with E-state index in [1.807, 2.05) is 79.0 Å². The molecule has 0 aliphatic carbocycles. The number of unbranched alkanes of at least 4 members (excludes halogenated alkanes) is 8. The number of nitrogens with zero attached hydrogens (tertiary/aromatic N) is 4. The number of hydrogen-bond donors (Lipinski definition) is 0. The van der Waals surface area contributed by atoms with E-state index in [2.05, 4.69) is 56.8 Å². The molecule has 0 radical (unpaired) electrons. The zero-order chi connectivity index (χ0) is 38.4. The van der Waals surface area contributed by atoms with Gasteiger partial charge in [0.1, 0.15) is 10.1 Å². The third-order valence-electron chi connectivity index (χ3n) is 8.72. The van der Waals surface area contributed by atoms with E-state index >= 15 is 0 Å². The molecule has 6 nitrogen and oxygen atoms in total. The van der Waals surface area contributed by atoms with Crippen LogP contribution < -0.4 is 0 Å². The zero-order valence-corrected chi connectivity index (χ0v) is 35.7. The summed E-state index contributed by atoms with van der Waals surface area (Å²) in [6, 6.07) is 21.1. The van der Waals surface area contributed by atoms with E-state index in [0.29, 0.717) is 5.92 Å². The quantitative estimate of drug-likeness (QED) is 0.0419. The minimum atomic E-state index is 0.0570. The molecule has 4 aromatic rings. The van der Waals surface area contributed by atoms with Gasteiger partial charge < -0.3 is 9.80 Å². The van der Waals surface area contributed by atoms with Crippen molar-refractivity contribution < 1.29 is 9.59 Å². The van der Waals surface area contributed by atoms with Gasteiger partial charge in [0.2, 0.25) is 5.78 Å². The molecule has 0 N–H and O–H groups in total. The first kappa shape index (κ1) is 44.6. The van der Waals surface area contributed by atoms with Crippen LogP contribution in [0.15, 0.2) is 82.2 Å². The van der Waals surface area contributed by atoms with Gasteiger partial charge in [0.05, 0.1) is 16.0 Å². The zero-order valence-electron chi connectivity index (χ0n) is 33.2. The fourth-order valence-corrected chi connectivity index (χ4v) is 8.39. The highest BCUT2D eigenvalue weighted by Gasteiger charge is 2.18. The van der Waals surface area contributed by atoms with Gasteiger partial charge in [0.15, 0.2) is 5.78 Å². The molecule has 3 aromatic heterocycles. The van der Waals surface area contributed by atoms with E-state index in [-0.39, 0.29) is 11.6 Å². The smallest absolute Gasteiger partial charge is 0.205 e. The van der Waals surface area contributed by atoms with Gasteiger partial charge in [-0.1, -0.05) is 88.8 Å². The molecule has 53 heavy (non-hydrogen) atoms. The lowest BCUT2D eigenvalue weighted by atomic mass is 10.1. The summed E-state index contributed by atoms with van der Waals surface area (Å²) in [5, 5.41) is 3.71. The number of ketones is 2. The van der Waals surface area contributed by atoms with Gasteiger partial charge in [-0.25, -0.2) is 9.97 Å². The lowest BCUT2D eigenvalue weighted by Crippen LogP contribution is -2.12. The highest BCUT2D eigenvalue weighted by atomic mass is 32.2. The Morgan fingerprint density at radius 2 is 1.15 bits per heavy atom. The van der Waals surface area contributed by atoms with Crippen molar-refractivity contribution in [2.24, 2.45) is 0 Å². The van der Waals surface area contributed by atoms with Crippen LogP contribution >= 0.6 is 34.9 Å². The summed E-state index contributed by atoms with van der Waals surface area (Å²) in [6.45, 7) is 8.61. The molecule has 288 valence electrons. The average molecular weight is 775 g/mol. The third kappa shape index (κ3) is 17.0. The third-order valence-corrected chi connectivity index (χ3v) is 11.7. The number of thioether (sulfide) groups is 2. The highest BCUT2D eigenvalue weighted by molar-refractivity contribution is 7.99. The maximum absolute atomic E-state index is 12.8. The van der Waals surface area contributed by atoms with Crippen molar-refractivity contribution >= 4 is 46.4 Å². The van der Waals surface area contributed by atoms with Gasteiger partial charge in [-0.3, -0.25) is 9.59 Å². The first-order chi connectivity index (χ1) is 25.6. The van der Waals surface area contributed by atoms with Crippen molar-refractivity contribution in [3.8, 4) is 0 Å². The monoisotopic (exact) mass is 774 g/mol. The molecule has 0 bridgehead atoms. The fraction of sp³-hybridized carbons (Fsp3) is 0.500. The number of aryl methyl sites for hydroxylation is 1. The minimum absolute atomic E-state index is 0.0570. The number of benzene rings is 1. The van der Waals surface area contributed by atoms with Gasteiger partial charge in [-0.15, -0.1) is 34.9 Å². The number of thiophene rings is 1. The SMILES string of the molecule is CC(C)c1ccc(C(=O)c2cccs2)c(SCCCCCCCCN(C)C)n1.Cc1ccc(C(=O)c2ccccc2)c(SCCCCCCN(C)C)n1. The number of rotatable bonds is 23. The van der Waals surface area contributed by atoms with Gasteiger partial charge in [0.25, 0.3) is 0 Å². The second-order valence-corrected chi connectivity index (χ2v) is 17.5. The Kier molecular flexibility index (Phi) is 21.3. The predicted molar refractivity (Wildman–Crippen MR) is 230 cm³/mol. The molecule has 0 amide bonds. The summed E-state index contributed by atoms with van der Waals surface area (Å²) in [4.78, 5) is 40.3. The number of carbonyl (C=O) groups is 2. The molecular formula is C44H62N4O2S3. The van der Waals surface area contributed by atoms with E-state index in [4.69, 9.17) is 4.98 Å². The normalized spacial score (nSPS) is 11.3. The molecular weight excluding hydrogens is 713 g/mol. The Hall–Kier alpha value is -2.82. The fourth-order valence-electron chi connectivity index (χ4n) is 5.62. The maximum Gasteiger partial charge on any atom is 0.205 e. The summed E-state index contributed by atoms with van der Waals surface area (Å²) in [7, 11) is 8.50. The van der Waals surface area contributed by atoms with Crippen molar-refractivity contribution in [2.75, 3.05) is 52.8 Å². The Labute approximate surface area is 333 Å². The van der Waals surface area contributed by atoms with Crippen LogP contribution in [0.1, 0.15) is 127 Å². The summed E-state index contributed by atoms with van der Waals surface area (Å²) in [5.41, 5.74) is 4.21. The van der Waals surface area contributed by atoms with Crippen molar-refractivity contribution in [2.45, 2.75) is 101 Å². The molecule has 0 saturated heterocycles. The number of aromatic nitrogens is 2. The van der Waals surface area contributed by atoms with Gasteiger partial charge in [-0.05, 0) is 127 Å². The van der Waals surface area contributed by atoms with Crippen molar-refractivity contribution in [1.29, 1.82) is 0 Å². The highest BCUT2D eigenvalue weighted by Crippen LogP contribution is 2.28. The van der Waals surface area contributed by atoms with Gasteiger partial charge in [-0.2, -0.15) is 0 Å². The number of pyridine rings is 2. The first-order valence-electron chi connectivity index (χ1n) is 19.3. The Morgan fingerprint density at radius 3 is 1.70 bits per heavy atom. The van der Waals surface area contributed by atoms with Crippen LogP contribution in [0, 0.1) is 6.92 Å². The Balaban J connectivity index is 0.000000287. The van der Waals surface area contributed by atoms with Crippen LogP contribution in [0.2, 0.25) is 0 Å². The molecule has 0 saturated carbocycles. The number of carbonyl (C=O) groups excluding carboxylic acids is 2. The van der Waals surface area contributed by atoms with Crippen LogP contribution in [-0.2, 0) is 0 Å². The second-order valence-electron chi connectivity index (χ2n) is 14.4. The van der Waals surface area contributed by atoms with Crippen molar-refractivity contribution in [3.63, 3.8) is 0 Å². The van der Waals surface area contributed by atoms with Crippen LogP contribution in [-0.4, -0.2) is 84.1 Å². The van der Waals surface area contributed by atoms with Gasteiger partial charge in [0, 0.05) is 17.0 Å². The lowest BCUT2D eigenvalue weighted by molar-refractivity contribution is 0.102. The molecule has 0 spiro atoms. The van der Waals surface area contributed by atoms with Gasteiger partial charge >= 0.3 is 0 Å². The molecule has 0 aliphatic heterocycles. The van der Waals surface area contributed by atoms with E-state index in [9.17, 15) is 9.59 Å². The van der Waals surface area contributed by atoms with Crippen LogP contribution in [0.5, 0.6) is 0 Å². The summed E-state index contributed by atoms with van der Waals surface area (Å²) in [5.74, 6) is 2.56. The Bertz CT molecular complexity index is 1630. The summed E-state index contributed by atoms with van der Waals surface area (Å²) < 4.78 is 0. The minimum Gasteiger partial charge on any atom is -0.309 e. The molecule has 0 atom stereocenters. The topological polar surface area (TPSA) is 66.4 Å². The summed E-state index contributed by atoms with van der Waals surface area (Å²) in [6.07, 6.45) is 12.6. The largest absolute Gasteiger partial charge is 0.309 e. The lowest BCUT2D eigenvalue weighted by Gasteiger charge is -2.11. The molecule has 0 aliphatic rings. The first-order valence-corrected chi connectivity index (χ1v) is 22.1. The van der Waals surface area contributed by atoms with E-state index < -0.39 is 0 Å². The van der Waals surface area contributed by atoms with Crippen LogP contribution in [0.25, 0.3) is 0 Å². The maximum atomic E-state index is 12.8. The van der Waals surface area contributed by atoms with Crippen molar-refractivity contribution in [1.82, 2.24) is 19.8 Å². The second kappa shape index (κ2) is 25.3. The molecule has 4 rings (SSSR count). The van der Waals surface area contributed by atoms with E-state index in [1.54, 1.807) is 23.5 Å². The molecule has 9 heteroatoms. The Morgan fingerprint density at radius 1 is 0.623 bits per heavy atom. The van der Waals surface area contributed by atoms with Crippen molar-refractivity contribution in [3.05, 3.63) is 105 Å².